The van der Waals surface area contributed by atoms with Crippen molar-refractivity contribution in [2.45, 2.75) is 39.9 Å². The first-order valence-electron chi connectivity index (χ1n) is 6.30. The van der Waals surface area contributed by atoms with Crippen LogP contribution < -0.4 is 11.1 Å². The first-order chi connectivity index (χ1) is 9.45. The average molecular weight is 323 g/mol. The highest BCUT2D eigenvalue weighted by Gasteiger charge is 2.01. The number of hydrogen-bond acceptors (Lipinski definition) is 5. The van der Waals surface area contributed by atoms with E-state index in [4.69, 9.17) is 27.5 Å². The Bertz CT molecular complexity index is 330. The Morgan fingerprint density at radius 1 is 1.14 bits per heavy atom. The van der Waals surface area contributed by atoms with E-state index in [1.165, 1.54) is 0 Å². The van der Waals surface area contributed by atoms with Crippen molar-refractivity contribution in [2.24, 2.45) is 5.73 Å². The Morgan fingerprint density at radius 3 is 1.62 bits per heavy atom. The van der Waals surface area contributed by atoms with Gasteiger partial charge < -0.3 is 21.3 Å². The number of hydrogen-bond donors (Lipinski definition) is 4. The minimum Gasteiger partial charge on any atom is -0.392 e. The molecule has 0 spiro atoms. The van der Waals surface area contributed by atoms with Gasteiger partial charge in [-0.2, -0.15) is 0 Å². The number of allylic oxidation sites excluding steroid dienone is 1. The van der Waals surface area contributed by atoms with Crippen LogP contribution in [0.2, 0.25) is 0 Å². The smallest absolute Gasteiger partial charge is 0.247 e. The molecule has 0 saturated carbocycles. The molecule has 6 nitrogen and oxygen atoms in total. The van der Waals surface area contributed by atoms with Crippen molar-refractivity contribution < 1.29 is 19.8 Å². The Balaban J connectivity index is -0.000000252. The van der Waals surface area contributed by atoms with Crippen LogP contribution in [0, 0.1) is 0 Å². The van der Waals surface area contributed by atoms with Gasteiger partial charge in [0.2, 0.25) is 11.1 Å². The minimum absolute atomic E-state index is 0.207. The Labute approximate surface area is 131 Å². The summed E-state index contributed by atoms with van der Waals surface area (Å²) in [5.74, 6) is -0.207. The number of halogens is 1. The molecule has 0 rings (SSSR count). The fourth-order valence-corrected chi connectivity index (χ4v) is 0.391. The zero-order valence-corrected chi connectivity index (χ0v) is 13.9. The molecule has 0 fully saturated rings. The summed E-state index contributed by atoms with van der Waals surface area (Å²) >= 11 is 4.87. The SMILES string of the molecule is C=C(C)C(=O)Cl.C=C(C)C(=O)NCC(C)O.CC(O)CN. The lowest BCUT2D eigenvalue weighted by Crippen LogP contribution is -2.30. The van der Waals surface area contributed by atoms with Crippen LogP contribution in [0.1, 0.15) is 27.7 Å². The highest BCUT2D eigenvalue weighted by Crippen LogP contribution is 1.91. The Hall–Kier alpha value is -1.21. The van der Waals surface area contributed by atoms with Gasteiger partial charge in [-0.1, -0.05) is 13.2 Å². The van der Waals surface area contributed by atoms with Crippen LogP contribution in [0.5, 0.6) is 0 Å². The second kappa shape index (κ2) is 15.2. The molecule has 0 bridgehead atoms. The molecule has 5 N–H and O–H groups in total. The second-order valence-electron chi connectivity index (χ2n) is 4.48. The fraction of sp³-hybridized carbons (Fsp3) is 0.571. The van der Waals surface area contributed by atoms with Crippen LogP contribution in [-0.4, -0.2) is 46.7 Å². The summed E-state index contributed by atoms with van der Waals surface area (Å²) in [6.45, 7) is 13.8. The fourth-order valence-electron chi connectivity index (χ4n) is 0.391. The number of rotatable bonds is 5. The zero-order chi connectivity index (χ0) is 17.6. The van der Waals surface area contributed by atoms with Gasteiger partial charge >= 0.3 is 0 Å². The van der Waals surface area contributed by atoms with Crippen LogP contribution in [0.3, 0.4) is 0 Å². The van der Waals surface area contributed by atoms with Gasteiger partial charge in [0.25, 0.3) is 0 Å². The second-order valence-corrected chi connectivity index (χ2v) is 4.82. The third-order valence-electron chi connectivity index (χ3n) is 1.62. The van der Waals surface area contributed by atoms with Crippen LogP contribution >= 0.6 is 11.6 Å². The van der Waals surface area contributed by atoms with Crippen LogP contribution in [0.4, 0.5) is 0 Å². The molecule has 0 heterocycles. The molecule has 7 heteroatoms. The molecular formula is C14H27ClN2O4. The highest BCUT2D eigenvalue weighted by atomic mass is 35.5. The standard InChI is InChI=1S/C7H13NO2.C4H5ClO.C3H9NO/c1-5(2)7(10)8-4-6(3)9;1-3(2)4(5)6;1-3(5)2-4/h6,9H,1,4H2,2-3H3,(H,8,10);1H2,2H3;3,5H,2,4H2,1H3. The van der Waals surface area contributed by atoms with Gasteiger partial charge in [-0.25, -0.2) is 0 Å². The third-order valence-corrected chi connectivity index (χ3v) is 1.94. The molecule has 0 aliphatic heterocycles. The first-order valence-corrected chi connectivity index (χ1v) is 6.68. The first kappa shape index (κ1) is 24.8. The summed E-state index contributed by atoms with van der Waals surface area (Å²) in [7, 11) is 0. The largest absolute Gasteiger partial charge is 0.392 e. The van der Waals surface area contributed by atoms with Gasteiger partial charge in [0, 0.05) is 24.2 Å². The molecule has 0 aromatic rings. The number of carbonyl (C=O) groups excluding carboxylic acids is 2. The molecular weight excluding hydrogens is 296 g/mol. The van der Waals surface area contributed by atoms with Crippen LogP contribution in [0.15, 0.2) is 24.3 Å². The lowest BCUT2D eigenvalue weighted by molar-refractivity contribution is -0.117. The van der Waals surface area contributed by atoms with E-state index < -0.39 is 11.3 Å². The quantitative estimate of drug-likeness (QED) is 0.440. The zero-order valence-electron chi connectivity index (χ0n) is 13.1. The summed E-state index contributed by atoms with van der Waals surface area (Å²) in [6, 6.07) is 0. The molecule has 124 valence electrons. The van der Waals surface area contributed by atoms with E-state index in [0.29, 0.717) is 17.7 Å². The molecule has 0 aliphatic rings. The van der Waals surface area contributed by atoms with Crippen molar-refractivity contribution in [2.75, 3.05) is 13.1 Å². The van der Waals surface area contributed by atoms with E-state index in [2.05, 4.69) is 18.5 Å². The van der Waals surface area contributed by atoms with Crippen LogP contribution in [0.25, 0.3) is 0 Å². The van der Waals surface area contributed by atoms with Crippen molar-refractivity contribution in [3.05, 3.63) is 24.3 Å². The number of carbonyl (C=O) groups is 2. The summed E-state index contributed by atoms with van der Waals surface area (Å²) < 4.78 is 0. The van der Waals surface area contributed by atoms with E-state index >= 15 is 0 Å². The lowest BCUT2D eigenvalue weighted by atomic mass is 10.3. The van der Waals surface area contributed by atoms with Gasteiger partial charge in [0.1, 0.15) is 0 Å². The maximum Gasteiger partial charge on any atom is 0.247 e. The van der Waals surface area contributed by atoms with Crippen molar-refractivity contribution in [3.8, 4) is 0 Å². The summed E-state index contributed by atoms with van der Waals surface area (Å²) in [4.78, 5) is 20.5. The Kier molecular flexibility index (Phi) is 17.9. The summed E-state index contributed by atoms with van der Waals surface area (Å²) in [6.07, 6.45) is -0.835. The predicted molar refractivity (Wildman–Crippen MR) is 85.9 cm³/mol. The van der Waals surface area contributed by atoms with E-state index in [1.54, 1.807) is 27.7 Å². The Morgan fingerprint density at radius 2 is 1.48 bits per heavy atom. The molecule has 0 saturated heterocycles. The molecule has 0 aliphatic carbocycles. The maximum absolute atomic E-state index is 10.7. The van der Waals surface area contributed by atoms with E-state index in [1.807, 2.05) is 0 Å². The molecule has 2 atom stereocenters. The third kappa shape index (κ3) is 27.9. The number of aliphatic hydroxyl groups is 2. The van der Waals surface area contributed by atoms with Crippen molar-refractivity contribution >= 4 is 22.8 Å². The molecule has 0 aromatic carbocycles. The minimum atomic E-state index is -0.497. The van der Waals surface area contributed by atoms with Gasteiger partial charge in [-0.15, -0.1) is 0 Å². The van der Waals surface area contributed by atoms with Crippen molar-refractivity contribution in [1.82, 2.24) is 5.32 Å². The van der Waals surface area contributed by atoms with Gasteiger partial charge in [0.05, 0.1) is 12.2 Å². The van der Waals surface area contributed by atoms with Crippen LogP contribution in [-0.2, 0) is 9.59 Å². The van der Waals surface area contributed by atoms with Gasteiger partial charge in [0.15, 0.2) is 0 Å². The average Bonchev–Trinajstić information content (AvgIpc) is 2.36. The summed E-state index contributed by atoms with van der Waals surface area (Å²) in [5, 5.41) is 19.0. The normalized spacial score (nSPS) is 11.6. The van der Waals surface area contributed by atoms with E-state index in [-0.39, 0.29) is 18.6 Å². The van der Waals surface area contributed by atoms with Crippen molar-refractivity contribution in [3.63, 3.8) is 0 Å². The molecule has 2 unspecified atom stereocenters. The number of nitrogens with two attached hydrogens (primary N) is 1. The highest BCUT2D eigenvalue weighted by molar-refractivity contribution is 6.67. The van der Waals surface area contributed by atoms with Crippen molar-refractivity contribution in [1.29, 1.82) is 0 Å². The maximum atomic E-state index is 10.7. The molecule has 21 heavy (non-hydrogen) atoms. The van der Waals surface area contributed by atoms with Gasteiger partial charge in [-0.05, 0) is 39.3 Å². The monoisotopic (exact) mass is 322 g/mol. The number of amides is 1. The van der Waals surface area contributed by atoms with Gasteiger partial charge in [-0.3, -0.25) is 9.59 Å². The number of nitrogens with one attached hydrogen (secondary N) is 1. The topological polar surface area (TPSA) is 113 Å². The lowest BCUT2D eigenvalue weighted by Gasteiger charge is -2.05. The predicted octanol–water partition coefficient (Wildman–Crippen LogP) is 0.713. The van der Waals surface area contributed by atoms with E-state index in [9.17, 15) is 9.59 Å². The number of aliphatic hydroxyl groups excluding tert-OH is 2. The van der Waals surface area contributed by atoms with E-state index in [0.717, 1.165) is 0 Å². The molecule has 0 aromatic heterocycles. The molecule has 1 amide bonds. The molecule has 0 radical (unpaired) electrons. The summed E-state index contributed by atoms with van der Waals surface area (Å²) in [5.41, 5.74) is 5.77.